The molecule has 1 aromatic carbocycles. The summed E-state index contributed by atoms with van der Waals surface area (Å²) in [6.45, 7) is 0. The molecule has 84 valence electrons. The van der Waals surface area contributed by atoms with Gasteiger partial charge in [0.2, 0.25) is 6.10 Å². The number of carboxylic acids is 1. The van der Waals surface area contributed by atoms with Gasteiger partial charge in [-0.2, -0.15) is 0 Å². The number of fused-ring (bicyclic) bond motifs is 1. The molecule has 1 aliphatic heterocycles. The maximum Gasteiger partial charge on any atom is 0.467 e. The molecule has 6 heteroatoms. The fourth-order valence-corrected chi connectivity index (χ4v) is 2.56. The van der Waals surface area contributed by atoms with Crippen molar-refractivity contribution in [3.63, 3.8) is 0 Å². The number of hydrogen-bond donors (Lipinski definition) is 1. The van der Waals surface area contributed by atoms with E-state index in [4.69, 9.17) is 9.84 Å². The molecule has 2 rings (SSSR count). The summed E-state index contributed by atoms with van der Waals surface area (Å²) in [7, 11) is 0. The van der Waals surface area contributed by atoms with Crippen molar-refractivity contribution in [3.05, 3.63) is 28.2 Å². The second-order valence-electron chi connectivity index (χ2n) is 3.45. The minimum Gasteiger partial charge on any atom is -0.479 e. The zero-order valence-electron chi connectivity index (χ0n) is 8.05. The summed E-state index contributed by atoms with van der Waals surface area (Å²) in [5.74, 6) is -0.553. The molecule has 0 aromatic heterocycles. The van der Waals surface area contributed by atoms with Crippen molar-refractivity contribution in [1.82, 2.24) is 0 Å². The summed E-state index contributed by atoms with van der Waals surface area (Å²) < 4.78 is 17.1. The first-order chi connectivity index (χ1) is 7.61. The first-order valence-electron chi connectivity index (χ1n) is 4.59. The summed E-state index contributed by atoms with van der Waals surface area (Å²) >= 11 is 3.71. The van der Waals surface area contributed by atoms with Crippen LogP contribution in [-0.4, -0.2) is 17.2 Å². The number of rotatable bonds is 2. The topological polar surface area (TPSA) is 63.6 Å². The van der Waals surface area contributed by atoms with E-state index < -0.39 is 12.1 Å². The quantitative estimate of drug-likeness (QED) is 0.850. The van der Waals surface area contributed by atoms with Crippen molar-refractivity contribution in [2.24, 2.45) is 0 Å². The van der Waals surface area contributed by atoms with Gasteiger partial charge in [0, 0.05) is 8.68 Å². The third-order valence-electron chi connectivity index (χ3n) is 2.41. The fourth-order valence-electron chi connectivity index (χ4n) is 1.64. The Labute approximate surface area is 104 Å². The Bertz CT molecular complexity index is 448. The van der Waals surface area contributed by atoms with Crippen LogP contribution in [0.2, 0.25) is 0 Å². The maximum absolute atomic E-state index is 11.0. The zero-order chi connectivity index (χ0) is 11.7. The molecule has 0 fully saturated rings. The normalized spacial score (nSPS) is 23.1. The van der Waals surface area contributed by atoms with Gasteiger partial charge in [-0.15, -0.1) is 0 Å². The minimum atomic E-state index is -1.03. The lowest BCUT2D eigenvalue weighted by molar-refractivity contribution is -0.145. The third kappa shape index (κ3) is 2.08. The molecule has 0 spiro atoms. The fraction of sp³-hybridized carbons (Fsp3) is 0.300. The molecule has 1 aromatic rings. The molecule has 16 heavy (non-hydrogen) atoms. The second-order valence-corrected chi connectivity index (χ2v) is 5.12. The Morgan fingerprint density at radius 1 is 1.56 bits per heavy atom. The Morgan fingerprint density at radius 2 is 2.31 bits per heavy atom. The van der Waals surface area contributed by atoms with Crippen LogP contribution in [0.1, 0.15) is 17.2 Å². The molecule has 1 heterocycles. The van der Waals surface area contributed by atoms with E-state index in [9.17, 15) is 9.00 Å². The van der Waals surface area contributed by atoms with Gasteiger partial charge < -0.3 is 9.84 Å². The highest BCUT2D eigenvalue weighted by molar-refractivity contribution is 9.10. The molecule has 0 bridgehead atoms. The van der Waals surface area contributed by atoms with Gasteiger partial charge in [-0.1, -0.05) is 15.9 Å². The molecule has 0 aliphatic carbocycles. The van der Waals surface area contributed by atoms with Crippen LogP contribution in [0.4, 0.5) is 0 Å². The van der Waals surface area contributed by atoms with Crippen molar-refractivity contribution in [3.8, 4) is 5.75 Å². The average Bonchev–Trinajstić information content (AvgIpc) is 2.27. The van der Waals surface area contributed by atoms with Crippen LogP contribution in [0.5, 0.6) is 5.75 Å². The lowest BCUT2D eigenvalue weighted by Crippen LogP contribution is -2.32. The Balaban J connectivity index is 2.41. The molecule has 0 saturated heterocycles. The van der Waals surface area contributed by atoms with Crippen molar-refractivity contribution >= 4 is 33.6 Å². The molecule has 0 saturated carbocycles. The van der Waals surface area contributed by atoms with E-state index in [0.717, 1.165) is 10.0 Å². The number of carbonyl (C=O) groups is 1. The Kier molecular flexibility index (Phi) is 3.20. The first kappa shape index (κ1) is 11.5. The summed E-state index contributed by atoms with van der Waals surface area (Å²) in [4.78, 5) is 10.8. The minimum absolute atomic E-state index is 0.201. The molecule has 0 amide bonds. The van der Waals surface area contributed by atoms with Gasteiger partial charge in [-0.3, -0.25) is 0 Å². The van der Waals surface area contributed by atoms with Gasteiger partial charge >= 0.3 is 17.6 Å². The first-order valence-corrected chi connectivity index (χ1v) is 6.19. The molecular weight excluding hydrogens is 296 g/mol. The number of halogens is 1. The number of hydrogen-bond acceptors (Lipinski definition) is 3. The van der Waals surface area contributed by atoms with Crippen LogP contribution in [-0.2, 0) is 20.7 Å². The van der Waals surface area contributed by atoms with Crippen LogP contribution in [0.15, 0.2) is 22.7 Å². The van der Waals surface area contributed by atoms with Crippen LogP contribution in [0.25, 0.3) is 0 Å². The summed E-state index contributed by atoms with van der Waals surface area (Å²) in [5, 5.41) is 8.51. The van der Waals surface area contributed by atoms with Crippen molar-refractivity contribution < 1.29 is 18.8 Å². The molecule has 2 unspecified atom stereocenters. The number of ether oxygens (including phenoxy) is 1. The van der Waals surface area contributed by atoms with E-state index >= 15 is 0 Å². The monoisotopic (exact) mass is 303 g/mol. The molecule has 1 N–H and O–H groups in total. The SMILES string of the molecule is O=[S+]C1CC(C(=O)O)Oc2ccc(Br)cc21. The average molecular weight is 304 g/mol. The highest BCUT2D eigenvalue weighted by Gasteiger charge is 2.40. The molecule has 4 nitrogen and oxygen atoms in total. The summed E-state index contributed by atoms with van der Waals surface area (Å²) in [6, 6.07) is 5.23. The van der Waals surface area contributed by atoms with Crippen molar-refractivity contribution in [2.45, 2.75) is 17.8 Å². The Morgan fingerprint density at radius 3 is 2.94 bits per heavy atom. The van der Waals surface area contributed by atoms with Crippen LogP contribution < -0.4 is 4.74 Å². The number of carboxylic acid groups (broad SMARTS) is 1. The highest BCUT2D eigenvalue weighted by Crippen LogP contribution is 2.37. The summed E-state index contributed by atoms with van der Waals surface area (Å²) in [5.41, 5.74) is 0.756. The molecule has 0 radical (unpaired) electrons. The summed E-state index contributed by atoms with van der Waals surface area (Å²) in [6.07, 6.45) is -0.729. The maximum atomic E-state index is 11.0. The van der Waals surface area contributed by atoms with Crippen LogP contribution in [0.3, 0.4) is 0 Å². The highest BCUT2D eigenvalue weighted by atomic mass is 79.9. The number of benzene rings is 1. The third-order valence-corrected chi connectivity index (χ3v) is 3.58. The van der Waals surface area contributed by atoms with E-state index in [1.807, 2.05) is 0 Å². The second kappa shape index (κ2) is 4.47. The lowest BCUT2D eigenvalue weighted by Gasteiger charge is -2.22. The largest absolute Gasteiger partial charge is 0.479 e. The smallest absolute Gasteiger partial charge is 0.467 e. The van der Waals surface area contributed by atoms with Gasteiger partial charge in [-0.25, -0.2) is 4.79 Å². The van der Waals surface area contributed by atoms with Gasteiger partial charge in [0.05, 0.1) is 12.0 Å². The van der Waals surface area contributed by atoms with E-state index in [-0.39, 0.29) is 11.7 Å². The predicted octanol–water partition coefficient (Wildman–Crippen LogP) is 2.15. The van der Waals surface area contributed by atoms with Crippen LogP contribution >= 0.6 is 15.9 Å². The van der Waals surface area contributed by atoms with Gasteiger partial charge in [0.15, 0.2) is 0 Å². The molecular formula is C10H8BrO4S+. The van der Waals surface area contributed by atoms with Crippen LogP contribution in [0, 0.1) is 0 Å². The molecule has 1 aliphatic rings. The lowest BCUT2D eigenvalue weighted by atomic mass is 10.0. The molecule has 2 atom stereocenters. The van der Waals surface area contributed by atoms with E-state index in [2.05, 4.69) is 15.9 Å². The zero-order valence-corrected chi connectivity index (χ0v) is 10.5. The van der Waals surface area contributed by atoms with Gasteiger partial charge in [-0.05, 0) is 18.2 Å². The van der Waals surface area contributed by atoms with Crippen molar-refractivity contribution in [1.29, 1.82) is 0 Å². The number of aliphatic carboxylic acids is 1. The van der Waals surface area contributed by atoms with E-state index in [1.165, 1.54) is 0 Å². The van der Waals surface area contributed by atoms with Gasteiger partial charge in [0.25, 0.3) is 5.25 Å². The Hall–Kier alpha value is -1.01. The van der Waals surface area contributed by atoms with E-state index in [0.29, 0.717) is 17.4 Å². The predicted molar refractivity (Wildman–Crippen MR) is 61.6 cm³/mol. The van der Waals surface area contributed by atoms with E-state index in [1.54, 1.807) is 18.2 Å². The standard InChI is InChI=1S/C10H7BrO4S/c11-5-1-2-7-6(3-5)9(16-14)4-8(15-7)10(12)13/h1-3,8-9H,4H2/p+1. The van der Waals surface area contributed by atoms with Crippen molar-refractivity contribution in [2.75, 3.05) is 0 Å². The van der Waals surface area contributed by atoms with Gasteiger partial charge in [0.1, 0.15) is 5.75 Å².